The molecule has 0 bridgehead atoms. The first-order chi connectivity index (χ1) is 10.3. The molecule has 0 aliphatic rings. The Hall–Kier alpha value is -0.520. The molecule has 130 valence electrons. The van der Waals surface area contributed by atoms with Gasteiger partial charge in [0.2, 0.25) is 0 Å². The summed E-state index contributed by atoms with van der Waals surface area (Å²) in [5, 5.41) is 0. The first-order valence-corrected chi connectivity index (χ1v) is 9.61. The van der Waals surface area contributed by atoms with E-state index in [0.717, 1.165) is 17.8 Å². The molecular formula is C22H42. The maximum Gasteiger partial charge on any atom is -0.0209 e. The Morgan fingerprint density at radius 1 is 0.955 bits per heavy atom. The van der Waals surface area contributed by atoms with Crippen molar-refractivity contribution in [3.63, 3.8) is 0 Å². The van der Waals surface area contributed by atoms with Crippen molar-refractivity contribution in [3.05, 3.63) is 24.8 Å². The second-order valence-corrected chi connectivity index (χ2v) is 8.00. The van der Waals surface area contributed by atoms with Crippen LogP contribution in [0.1, 0.15) is 86.5 Å². The lowest BCUT2D eigenvalue weighted by atomic mass is 9.82. The number of hydrogen-bond acceptors (Lipinski definition) is 0. The van der Waals surface area contributed by atoms with E-state index < -0.39 is 0 Å². The fraction of sp³-hybridized carbons (Fsp3) is 0.818. The summed E-state index contributed by atoms with van der Waals surface area (Å²) in [6.45, 7) is 22.4. The Kier molecular flexibility index (Phi) is 11.7. The summed E-state index contributed by atoms with van der Waals surface area (Å²) < 4.78 is 0. The van der Waals surface area contributed by atoms with E-state index >= 15 is 0 Å². The highest BCUT2D eigenvalue weighted by molar-refractivity contribution is 5.00. The van der Waals surface area contributed by atoms with Crippen LogP contribution in [0.5, 0.6) is 0 Å². The fourth-order valence-electron chi connectivity index (χ4n) is 3.47. The molecule has 0 fully saturated rings. The highest BCUT2D eigenvalue weighted by atomic mass is 14.2. The van der Waals surface area contributed by atoms with E-state index in [-0.39, 0.29) is 0 Å². The highest BCUT2D eigenvalue weighted by Gasteiger charge is 2.16. The zero-order valence-corrected chi connectivity index (χ0v) is 16.3. The van der Waals surface area contributed by atoms with Gasteiger partial charge in [0, 0.05) is 0 Å². The van der Waals surface area contributed by atoms with Gasteiger partial charge in [-0.25, -0.2) is 0 Å². The van der Waals surface area contributed by atoms with Crippen LogP contribution in [-0.2, 0) is 0 Å². The number of hydrogen-bond donors (Lipinski definition) is 0. The first-order valence-electron chi connectivity index (χ1n) is 9.61. The smallest absolute Gasteiger partial charge is 0.0209 e. The van der Waals surface area contributed by atoms with E-state index in [1.165, 1.54) is 50.5 Å². The zero-order chi connectivity index (χ0) is 17.1. The lowest BCUT2D eigenvalue weighted by Gasteiger charge is -2.24. The topological polar surface area (TPSA) is 0 Å². The van der Waals surface area contributed by atoms with Gasteiger partial charge in [0.05, 0.1) is 0 Å². The molecule has 0 nitrogen and oxygen atoms in total. The third kappa shape index (κ3) is 9.49. The number of allylic oxidation sites excluding steroid dienone is 2. The summed E-state index contributed by atoms with van der Waals surface area (Å²) in [6.07, 6.45) is 11.2. The van der Waals surface area contributed by atoms with Gasteiger partial charge in [0.15, 0.2) is 0 Å². The van der Waals surface area contributed by atoms with E-state index in [0.29, 0.717) is 11.8 Å². The molecule has 0 aliphatic carbocycles. The predicted molar refractivity (Wildman–Crippen MR) is 103 cm³/mol. The van der Waals surface area contributed by atoms with Crippen LogP contribution in [-0.4, -0.2) is 0 Å². The predicted octanol–water partition coefficient (Wildman–Crippen LogP) is 7.66. The minimum absolute atomic E-state index is 0.650. The normalized spacial score (nSPS) is 18.3. The minimum Gasteiger partial charge on any atom is -0.103 e. The van der Waals surface area contributed by atoms with Gasteiger partial charge in [-0.15, -0.1) is 6.58 Å². The van der Waals surface area contributed by atoms with E-state index in [1.807, 2.05) is 0 Å². The molecule has 0 spiro atoms. The molecule has 0 rings (SSSR count). The molecule has 22 heavy (non-hydrogen) atoms. The molecule has 5 atom stereocenters. The standard InChI is InChI=1S/C22H42/c1-9-11-12-20(6)22(8)21(7)14-13-18(4)16-19(5)15-17(3)10-2/h10,17-20,22H,2,7,9,11-16H2,1,3-6,8H3/t17?,18?,19-,20?,22?/m0/s1. The summed E-state index contributed by atoms with van der Waals surface area (Å²) in [6, 6.07) is 0. The van der Waals surface area contributed by atoms with Crippen LogP contribution >= 0.6 is 0 Å². The van der Waals surface area contributed by atoms with Crippen LogP contribution in [0.3, 0.4) is 0 Å². The van der Waals surface area contributed by atoms with Gasteiger partial charge in [-0.2, -0.15) is 0 Å². The molecule has 0 aromatic rings. The van der Waals surface area contributed by atoms with Crippen LogP contribution in [0.15, 0.2) is 24.8 Å². The van der Waals surface area contributed by atoms with Crippen molar-refractivity contribution < 1.29 is 0 Å². The summed E-state index contributed by atoms with van der Waals surface area (Å²) in [4.78, 5) is 0. The molecule has 0 amide bonds. The summed E-state index contributed by atoms with van der Waals surface area (Å²) in [5.41, 5.74) is 1.47. The van der Waals surface area contributed by atoms with Crippen molar-refractivity contribution in [1.82, 2.24) is 0 Å². The lowest BCUT2D eigenvalue weighted by molar-refractivity contribution is 0.343. The number of unbranched alkanes of at least 4 members (excludes halogenated alkanes) is 1. The van der Waals surface area contributed by atoms with Crippen molar-refractivity contribution in [2.24, 2.45) is 29.6 Å². The van der Waals surface area contributed by atoms with Crippen LogP contribution in [0, 0.1) is 29.6 Å². The molecule has 0 saturated heterocycles. The Bertz CT molecular complexity index is 301. The third-order valence-electron chi connectivity index (χ3n) is 5.45. The van der Waals surface area contributed by atoms with Crippen molar-refractivity contribution >= 4 is 0 Å². The van der Waals surface area contributed by atoms with Crippen molar-refractivity contribution in [2.45, 2.75) is 86.5 Å². The van der Waals surface area contributed by atoms with Crippen LogP contribution < -0.4 is 0 Å². The van der Waals surface area contributed by atoms with Crippen LogP contribution in [0.2, 0.25) is 0 Å². The quantitative estimate of drug-likeness (QED) is 0.306. The molecule has 4 unspecified atom stereocenters. The molecule has 0 heterocycles. The molecule has 0 aromatic heterocycles. The average molecular weight is 307 g/mol. The van der Waals surface area contributed by atoms with Crippen molar-refractivity contribution in [3.8, 4) is 0 Å². The van der Waals surface area contributed by atoms with Gasteiger partial charge in [-0.3, -0.25) is 0 Å². The third-order valence-corrected chi connectivity index (χ3v) is 5.45. The van der Waals surface area contributed by atoms with Crippen molar-refractivity contribution in [2.75, 3.05) is 0 Å². The Morgan fingerprint density at radius 3 is 2.14 bits per heavy atom. The van der Waals surface area contributed by atoms with Crippen molar-refractivity contribution in [1.29, 1.82) is 0 Å². The molecule has 0 aliphatic heterocycles. The molecule has 0 saturated carbocycles. The average Bonchev–Trinajstić information content (AvgIpc) is 2.48. The second-order valence-electron chi connectivity index (χ2n) is 8.00. The first kappa shape index (κ1) is 21.5. The second kappa shape index (κ2) is 12.0. The zero-order valence-electron chi connectivity index (χ0n) is 16.3. The van der Waals surface area contributed by atoms with E-state index in [1.54, 1.807) is 0 Å². The molecule has 0 aromatic carbocycles. The highest BCUT2D eigenvalue weighted by Crippen LogP contribution is 2.29. The largest absolute Gasteiger partial charge is 0.103 e. The van der Waals surface area contributed by atoms with Gasteiger partial charge < -0.3 is 0 Å². The summed E-state index contributed by atoms with van der Waals surface area (Å²) >= 11 is 0. The maximum atomic E-state index is 4.38. The van der Waals surface area contributed by atoms with Gasteiger partial charge in [0.1, 0.15) is 0 Å². The van der Waals surface area contributed by atoms with E-state index in [4.69, 9.17) is 0 Å². The Morgan fingerprint density at radius 2 is 1.59 bits per heavy atom. The van der Waals surface area contributed by atoms with E-state index in [2.05, 4.69) is 60.8 Å². The Balaban J connectivity index is 4.04. The SMILES string of the molecule is C=CC(C)C[C@H](C)CC(C)CCC(=C)C(C)C(C)CCCC. The summed E-state index contributed by atoms with van der Waals surface area (Å²) in [7, 11) is 0. The Labute approximate surface area is 141 Å². The van der Waals surface area contributed by atoms with Crippen LogP contribution in [0.25, 0.3) is 0 Å². The van der Waals surface area contributed by atoms with E-state index in [9.17, 15) is 0 Å². The number of rotatable bonds is 13. The molecule has 0 radical (unpaired) electrons. The fourth-order valence-corrected chi connectivity index (χ4v) is 3.47. The lowest BCUT2D eigenvalue weighted by Crippen LogP contribution is -2.12. The van der Waals surface area contributed by atoms with Gasteiger partial charge in [-0.05, 0) is 55.3 Å². The monoisotopic (exact) mass is 306 g/mol. The van der Waals surface area contributed by atoms with Gasteiger partial charge >= 0.3 is 0 Å². The van der Waals surface area contributed by atoms with Crippen LogP contribution in [0.4, 0.5) is 0 Å². The maximum absolute atomic E-state index is 4.38. The molecule has 0 N–H and O–H groups in total. The molecule has 0 heteroatoms. The van der Waals surface area contributed by atoms with Gasteiger partial charge in [-0.1, -0.05) is 79.0 Å². The minimum atomic E-state index is 0.650. The summed E-state index contributed by atoms with van der Waals surface area (Å²) in [5.74, 6) is 3.72. The molecular weight excluding hydrogens is 264 g/mol. The van der Waals surface area contributed by atoms with Gasteiger partial charge in [0.25, 0.3) is 0 Å².